The molecule has 0 atom stereocenters. The molecular formula is C10H7EuF3. The van der Waals surface area contributed by atoms with E-state index in [1.54, 1.807) is 12.1 Å². The van der Waals surface area contributed by atoms with Gasteiger partial charge in [-0.3, -0.25) is 0 Å². The summed E-state index contributed by atoms with van der Waals surface area (Å²) in [6.07, 6.45) is 0. The summed E-state index contributed by atoms with van der Waals surface area (Å²) < 4.78 is 37.2. The molecule has 0 aliphatic rings. The predicted octanol–water partition coefficient (Wildman–Crippen LogP) is 3.28. The molecule has 0 fully saturated rings. The van der Waals surface area contributed by atoms with Crippen LogP contribution in [0.15, 0.2) is 42.5 Å². The van der Waals surface area contributed by atoms with Crippen molar-refractivity contribution >= 4 is 10.7 Å². The molecule has 0 saturated heterocycles. The topological polar surface area (TPSA) is 0 Å². The molecule has 0 aromatic heterocycles. The van der Waals surface area contributed by atoms with Crippen LogP contribution in [0.4, 0.5) is 0.0763 Å². The van der Waals surface area contributed by atoms with E-state index in [0.717, 1.165) is 5.39 Å². The van der Waals surface area contributed by atoms with Crippen molar-refractivity contribution in [1.82, 2.24) is 0 Å². The average Bonchev–Trinajstić information content (AvgIpc) is 2.16. The molecule has 2 aromatic rings. The zero-order valence-electron chi connectivity index (χ0n) is 7.05. The van der Waals surface area contributed by atoms with Gasteiger partial charge in [0.15, 0.2) is 0 Å². The van der Waals surface area contributed by atoms with E-state index in [4.69, 9.17) is 0 Å². The van der Waals surface area contributed by atoms with Gasteiger partial charge in [0.2, 0.25) is 0 Å². The normalized spacial score (nSPS) is 13.1. The molecule has 0 bridgehead atoms. The molecule has 0 heterocycles. The van der Waals surface area contributed by atoms with Crippen LogP contribution < -0.4 is -0.0424 Å². The first kappa shape index (κ1) is 10.6. The van der Waals surface area contributed by atoms with Crippen LogP contribution in [-0.2, 0) is 0 Å². The van der Waals surface area contributed by atoms with Crippen molar-refractivity contribution in [2.24, 2.45) is 0 Å². The third-order valence-corrected chi connectivity index (χ3v) is 4.30. The van der Waals surface area contributed by atoms with Crippen molar-refractivity contribution in [2.45, 2.75) is 0 Å². The third kappa shape index (κ3) is 2.18. The quantitative estimate of drug-likeness (QED) is 0.750. The van der Waals surface area contributed by atoms with E-state index in [0.29, 0.717) is 5.39 Å². The Morgan fingerprint density at radius 2 is 1.43 bits per heavy atom. The van der Waals surface area contributed by atoms with E-state index in [-0.39, 0.29) is 0 Å². The van der Waals surface area contributed by atoms with Gasteiger partial charge < -0.3 is 0 Å². The van der Waals surface area contributed by atoms with Crippen LogP contribution in [0.1, 0.15) is 0 Å². The van der Waals surface area contributed by atoms with Crippen LogP contribution in [0.3, 0.4) is 0 Å². The number of rotatable bonds is 1. The van der Waals surface area contributed by atoms with Crippen LogP contribution in [0.25, 0.3) is 10.8 Å². The van der Waals surface area contributed by atoms with Crippen LogP contribution >= 0.6 is 0 Å². The fourth-order valence-electron chi connectivity index (χ4n) is 1.29. The van der Waals surface area contributed by atoms with Gasteiger partial charge in [0, 0.05) is 0 Å². The Kier molecular flexibility index (Phi) is 2.96. The fraction of sp³-hybridized carbons (Fsp3) is 0. The molecule has 0 radical (unpaired) electrons. The second kappa shape index (κ2) is 3.91. The summed E-state index contributed by atoms with van der Waals surface area (Å²) in [5.74, 6) is 0. The Hall–Kier alpha value is 0.0744. The standard InChI is InChI=1S/C10H7.Eu.3FH/c1-2-6-10-8-4-3-7-9(10)5-1;;;;/h1-3,5-8H;;3*1H/q;+3;;;/p-3. The van der Waals surface area contributed by atoms with Crippen molar-refractivity contribution in [3.8, 4) is 0 Å². The first-order valence-corrected chi connectivity index (χ1v) is 7.90. The Morgan fingerprint density at radius 1 is 0.786 bits per heavy atom. The summed E-state index contributed by atoms with van der Waals surface area (Å²) in [4.78, 5) is 0. The van der Waals surface area contributed by atoms with Crippen molar-refractivity contribution in [1.29, 1.82) is 0 Å². The predicted molar refractivity (Wildman–Crippen MR) is 46.9 cm³/mol. The number of hydrogen-bond donors (Lipinski definition) is 0. The monoisotopic (exact) mass is 337 g/mol. The molecule has 0 nitrogen and oxygen atoms in total. The van der Waals surface area contributed by atoms with Gasteiger partial charge in [0.25, 0.3) is 0 Å². The summed E-state index contributed by atoms with van der Waals surface area (Å²) in [7, 11) is 0. The Balaban J connectivity index is 2.63. The minimum atomic E-state index is -6.28. The van der Waals surface area contributed by atoms with Gasteiger partial charge in [-0.05, 0) is 0 Å². The van der Waals surface area contributed by atoms with Gasteiger partial charge in [-0.1, -0.05) is 0 Å². The third-order valence-electron chi connectivity index (χ3n) is 1.96. The van der Waals surface area contributed by atoms with Gasteiger partial charge in [-0.2, -0.15) is 0 Å². The van der Waals surface area contributed by atoms with Gasteiger partial charge in [0.05, 0.1) is 0 Å². The summed E-state index contributed by atoms with van der Waals surface area (Å²) in [6, 6.07) is 11.1. The first-order valence-electron chi connectivity index (χ1n) is 3.93. The van der Waals surface area contributed by atoms with E-state index in [1.807, 2.05) is 12.1 Å². The SMILES string of the molecule is [F][Eu]([F])([F])[c]1ccc2ccccc2c1. The molecule has 75 valence electrons. The molecule has 2 aromatic carbocycles. The van der Waals surface area contributed by atoms with Crippen LogP contribution in [0.2, 0.25) is 0 Å². The average molecular weight is 336 g/mol. The summed E-state index contributed by atoms with van der Waals surface area (Å²) >= 11 is -6.28. The molecule has 0 saturated carbocycles. The molecule has 0 spiro atoms. The number of halogens is 3. The summed E-state index contributed by atoms with van der Waals surface area (Å²) in [5.41, 5.74) is 0. The van der Waals surface area contributed by atoms with Crippen molar-refractivity contribution in [2.75, 3.05) is 0 Å². The zero-order chi connectivity index (χ0) is 10.2. The number of benzene rings is 2. The van der Waals surface area contributed by atoms with E-state index in [1.165, 1.54) is 18.2 Å². The molecule has 0 amide bonds. The molecular weight excluding hydrogens is 329 g/mol. The molecule has 2 rings (SSSR count). The molecule has 4 heteroatoms. The van der Waals surface area contributed by atoms with Crippen molar-refractivity contribution in [3.05, 3.63) is 42.5 Å². The van der Waals surface area contributed by atoms with E-state index in [2.05, 4.69) is 0 Å². The molecule has 0 unspecified atom stereocenters. The van der Waals surface area contributed by atoms with Crippen molar-refractivity contribution in [3.63, 3.8) is 0 Å². The van der Waals surface area contributed by atoms with E-state index < -0.39 is 42.7 Å². The first-order chi connectivity index (χ1) is 6.57. The Morgan fingerprint density at radius 3 is 2.07 bits per heavy atom. The van der Waals surface area contributed by atoms with Crippen LogP contribution in [0, 0.1) is 42.7 Å². The van der Waals surface area contributed by atoms with Crippen LogP contribution in [0.5, 0.6) is 0 Å². The summed E-state index contributed by atoms with van der Waals surface area (Å²) in [5, 5.41) is 1.52. The maximum absolute atomic E-state index is 12.5. The number of hydrogen-bond acceptors (Lipinski definition) is 0. The van der Waals surface area contributed by atoms with Gasteiger partial charge in [0.1, 0.15) is 0 Å². The van der Waals surface area contributed by atoms with Gasteiger partial charge in [-0.15, -0.1) is 0 Å². The second-order valence-electron chi connectivity index (χ2n) is 2.87. The summed E-state index contributed by atoms with van der Waals surface area (Å²) in [6.45, 7) is 0. The van der Waals surface area contributed by atoms with E-state index in [9.17, 15) is 0.0763 Å². The molecule has 14 heavy (non-hydrogen) atoms. The van der Waals surface area contributed by atoms with Gasteiger partial charge >= 0.3 is 96.0 Å². The van der Waals surface area contributed by atoms with Crippen LogP contribution in [-0.4, -0.2) is 0 Å². The minimum absolute atomic E-state index is 0.399. The van der Waals surface area contributed by atoms with Crippen molar-refractivity contribution < 1.29 is 42.8 Å². The van der Waals surface area contributed by atoms with E-state index >= 15 is 0 Å². The molecule has 0 N–H and O–H groups in total. The number of fused-ring (bicyclic) bond motifs is 1. The second-order valence-corrected chi connectivity index (χ2v) is 6.68. The fourth-order valence-corrected chi connectivity index (χ4v) is 2.73. The molecule has 0 aliphatic heterocycles. The van der Waals surface area contributed by atoms with Gasteiger partial charge in [-0.25, -0.2) is 0 Å². The Bertz CT molecular complexity index is 462. The Labute approximate surface area is 94.5 Å². The maximum atomic E-state index is 12.5. The zero-order valence-corrected chi connectivity index (χ0v) is 9.48. The molecule has 0 aliphatic carbocycles.